The monoisotopic (exact) mass is 566 g/mol. The SMILES string of the molecule is CN(c1ccc(F)cc1N(C=O)Cc1ccc(-c2nnc(C(F)F)o2)cn1)C1CCN(C(=O)c2cncnc2)CC1. The highest BCUT2D eigenvalue weighted by atomic mass is 19.3. The summed E-state index contributed by atoms with van der Waals surface area (Å²) in [6, 6.07) is 7.42. The molecule has 1 saturated heterocycles. The Morgan fingerprint density at radius 3 is 2.49 bits per heavy atom. The standard InChI is InChI=1S/C27H25F3N8O3/c1-36(21-6-8-37(9-7-21)27(40)18-11-31-15-32-12-18)22-5-3-19(28)10-23(22)38(16-39)14-20-4-2-17(13-33-20)25-34-35-26(41-25)24(29)30/h2-5,10-13,15-16,21,24H,6-9,14H2,1H3. The number of pyridine rings is 1. The summed E-state index contributed by atoms with van der Waals surface area (Å²) in [5.74, 6) is -1.54. The van der Waals surface area contributed by atoms with Crippen molar-refractivity contribution in [1.82, 2.24) is 30.0 Å². The van der Waals surface area contributed by atoms with Crippen LogP contribution >= 0.6 is 0 Å². The number of carbonyl (C=O) groups is 2. The summed E-state index contributed by atoms with van der Waals surface area (Å²) in [5, 5.41) is 6.90. The number of carbonyl (C=O) groups excluding carboxylic acids is 2. The summed E-state index contributed by atoms with van der Waals surface area (Å²) >= 11 is 0. The number of likely N-dealkylation sites (tertiary alicyclic amines) is 1. The van der Waals surface area contributed by atoms with E-state index in [2.05, 4.69) is 25.1 Å². The fourth-order valence-electron chi connectivity index (χ4n) is 4.71. The normalized spacial score (nSPS) is 13.8. The molecule has 212 valence electrons. The van der Waals surface area contributed by atoms with Crippen LogP contribution in [0.15, 0.2) is 59.7 Å². The van der Waals surface area contributed by atoms with Gasteiger partial charge >= 0.3 is 6.43 Å². The largest absolute Gasteiger partial charge is 0.415 e. The minimum absolute atomic E-state index is 0.0201. The van der Waals surface area contributed by atoms with Crippen molar-refractivity contribution in [3.05, 3.63) is 78.2 Å². The third-order valence-electron chi connectivity index (χ3n) is 6.89. The summed E-state index contributed by atoms with van der Waals surface area (Å²) in [5.41, 5.74) is 2.22. The molecule has 1 aromatic carbocycles. The van der Waals surface area contributed by atoms with Crippen LogP contribution in [0.4, 0.5) is 24.5 Å². The van der Waals surface area contributed by atoms with Crippen molar-refractivity contribution in [1.29, 1.82) is 0 Å². The molecule has 0 N–H and O–H groups in total. The molecule has 1 aliphatic rings. The van der Waals surface area contributed by atoms with Gasteiger partial charge < -0.3 is 19.1 Å². The Bertz CT molecular complexity index is 1500. The molecule has 0 saturated carbocycles. The van der Waals surface area contributed by atoms with Gasteiger partial charge in [0.25, 0.3) is 11.8 Å². The van der Waals surface area contributed by atoms with Crippen molar-refractivity contribution in [3.63, 3.8) is 0 Å². The van der Waals surface area contributed by atoms with Gasteiger partial charge in [-0.1, -0.05) is 0 Å². The smallest absolute Gasteiger partial charge is 0.314 e. The van der Waals surface area contributed by atoms with E-state index in [0.717, 1.165) is 0 Å². The zero-order valence-electron chi connectivity index (χ0n) is 21.9. The van der Waals surface area contributed by atoms with Crippen molar-refractivity contribution in [2.75, 3.05) is 29.9 Å². The Morgan fingerprint density at radius 1 is 1.10 bits per heavy atom. The minimum Gasteiger partial charge on any atom is -0.415 e. The highest BCUT2D eigenvalue weighted by molar-refractivity contribution is 5.93. The molecule has 11 nitrogen and oxygen atoms in total. The third-order valence-corrected chi connectivity index (χ3v) is 6.89. The number of hydrogen-bond acceptors (Lipinski definition) is 9. The molecular formula is C27H25F3N8O3. The molecular weight excluding hydrogens is 541 g/mol. The Labute approximate surface area is 232 Å². The van der Waals surface area contributed by atoms with E-state index in [1.807, 2.05) is 11.9 Å². The van der Waals surface area contributed by atoms with Gasteiger partial charge in [0.15, 0.2) is 0 Å². The van der Waals surface area contributed by atoms with Crippen LogP contribution in [0.1, 0.15) is 41.2 Å². The molecule has 0 atom stereocenters. The Kier molecular flexibility index (Phi) is 8.17. The molecule has 0 aliphatic carbocycles. The van der Waals surface area contributed by atoms with E-state index in [9.17, 15) is 22.8 Å². The Morgan fingerprint density at radius 2 is 1.85 bits per heavy atom. The lowest BCUT2D eigenvalue weighted by molar-refractivity contribution is -0.107. The van der Waals surface area contributed by atoms with Crippen molar-refractivity contribution >= 4 is 23.7 Å². The number of benzene rings is 1. The minimum atomic E-state index is -2.89. The number of rotatable bonds is 9. The van der Waals surface area contributed by atoms with E-state index in [1.165, 1.54) is 42.0 Å². The fraction of sp³-hybridized carbons (Fsp3) is 0.296. The second kappa shape index (κ2) is 12.1. The highest BCUT2D eigenvalue weighted by Gasteiger charge is 2.28. The van der Waals surface area contributed by atoms with Crippen LogP contribution in [0, 0.1) is 5.82 Å². The van der Waals surface area contributed by atoms with Gasteiger partial charge in [0.1, 0.15) is 12.1 Å². The van der Waals surface area contributed by atoms with E-state index in [-0.39, 0.29) is 24.4 Å². The molecule has 0 radical (unpaired) electrons. The molecule has 2 amide bonds. The summed E-state index contributed by atoms with van der Waals surface area (Å²) in [4.78, 5) is 42.1. The predicted octanol–water partition coefficient (Wildman–Crippen LogP) is 3.90. The van der Waals surface area contributed by atoms with E-state index >= 15 is 0 Å². The number of nitrogens with zero attached hydrogens (tertiary/aromatic N) is 8. The molecule has 41 heavy (non-hydrogen) atoms. The number of piperidine rings is 1. The van der Waals surface area contributed by atoms with Gasteiger partial charge in [-0.2, -0.15) is 8.78 Å². The second-order valence-electron chi connectivity index (χ2n) is 9.41. The zero-order chi connectivity index (χ0) is 28.9. The maximum Gasteiger partial charge on any atom is 0.314 e. The lowest BCUT2D eigenvalue weighted by Gasteiger charge is -2.39. The number of halogens is 3. The highest BCUT2D eigenvalue weighted by Crippen LogP contribution is 2.33. The van der Waals surface area contributed by atoms with Gasteiger partial charge in [-0.3, -0.25) is 14.6 Å². The average Bonchev–Trinajstić information content (AvgIpc) is 3.51. The van der Waals surface area contributed by atoms with Gasteiger partial charge in [-0.05, 0) is 43.2 Å². The van der Waals surface area contributed by atoms with E-state index in [0.29, 0.717) is 60.5 Å². The topological polar surface area (TPSA) is 121 Å². The molecule has 1 fully saturated rings. The average molecular weight is 567 g/mol. The van der Waals surface area contributed by atoms with Crippen LogP contribution in [-0.4, -0.2) is 68.5 Å². The van der Waals surface area contributed by atoms with Crippen LogP contribution in [0.2, 0.25) is 0 Å². The quantitative estimate of drug-likeness (QED) is 0.278. The first kappa shape index (κ1) is 27.7. The predicted molar refractivity (Wildman–Crippen MR) is 140 cm³/mol. The van der Waals surface area contributed by atoms with E-state index < -0.39 is 18.1 Å². The molecule has 0 unspecified atom stereocenters. The van der Waals surface area contributed by atoms with Gasteiger partial charge in [-0.25, -0.2) is 14.4 Å². The van der Waals surface area contributed by atoms with Crippen molar-refractivity contribution in [2.45, 2.75) is 31.9 Å². The summed E-state index contributed by atoms with van der Waals surface area (Å²) in [7, 11) is 1.87. The molecule has 14 heteroatoms. The molecule has 0 bridgehead atoms. The van der Waals surface area contributed by atoms with Crippen LogP contribution in [0.25, 0.3) is 11.5 Å². The Hall–Kier alpha value is -4.88. The van der Waals surface area contributed by atoms with Gasteiger partial charge in [0.05, 0.1) is 34.7 Å². The van der Waals surface area contributed by atoms with Gasteiger partial charge in [0, 0.05) is 44.8 Å². The summed E-state index contributed by atoms with van der Waals surface area (Å²) < 4.78 is 44.8. The Balaban J connectivity index is 1.29. The zero-order valence-corrected chi connectivity index (χ0v) is 21.9. The fourth-order valence-corrected chi connectivity index (χ4v) is 4.71. The van der Waals surface area contributed by atoms with Crippen molar-refractivity contribution in [2.24, 2.45) is 0 Å². The first-order valence-corrected chi connectivity index (χ1v) is 12.7. The van der Waals surface area contributed by atoms with Gasteiger partial charge in [-0.15, -0.1) is 10.2 Å². The molecule has 1 aliphatic heterocycles. The second-order valence-corrected chi connectivity index (χ2v) is 9.41. The number of aromatic nitrogens is 5. The third kappa shape index (κ3) is 6.15. The van der Waals surface area contributed by atoms with E-state index in [4.69, 9.17) is 4.42 Å². The number of amides is 2. The summed E-state index contributed by atoms with van der Waals surface area (Å²) in [6.07, 6.45) is 4.76. The lowest BCUT2D eigenvalue weighted by Crippen LogP contribution is -2.46. The maximum atomic E-state index is 14.4. The molecule has 5 rings (SSSR count). The van der Waals surface area contributed by atoms with Crippen molar-refractivity contribution < 1.29 is 27.2 Å². The first-order chi connectivity index (χ1) is 19.8. The molecule has 0 spiro atoms. The lowest BCUT2D eigenvalue weighted by atomic mass is 10.0. The van der Waals surface area contributed by atoms with Gasteiger partial charge in [0.2, 0.25) is 12.3 Å². The van der Waals surface area contributed by atoms with Crippen LogP contribution < -0.4 is 9.80 Å². The molecule has 4 heterocycles. The van der Waals surface area contributed by atoms with Crippen LogP contribution in [-0.2, 0) is 11.3 Å². The number of hydrogen-bond donors (Lipinski definition) is 0. The van der Waals surface area contributed by atoms with Crippen LogP contribution in [0.3, 0.4) is 0 Å². The van der Waals surface area contributed by atoms with E-state index in [1.54, 1.807) is 23.1 Å². The molecule has 3 aromatic heterocycles. The van der Waals surface area contributed by atoms with Crippen molar-refractivity contribution in [3.8, 4) is 11.5 Å². The first-order valence-electron chi connectivity index (χ1n) is 12.7. The number of anilines is 2. The molecule has 4 aromatic rings. The maximum absolute atomic E-state index is 14.4. The number of alkyl halides is 2. The van der Waals surface area contributed by atoms with Crippen LogP contribution in [0.5, 0.6) is 0 Å². The summed E-state index contributed by atoms with van der Waals surface area (Å²) in [6.45, 7) is 1.06.